The van der Waals surface area contributed by atoms with Gasteiger partial charge in [0.2, 0.25) is 5.95 Å². The zero-order chi connectivity index (χ0) is 16.7. The molecule has 2 aliphatic rings. The minimum absolute atomic E-state index is 0.370. The molecule has 1 atom stereocenters. The van der Waals surface area contributed by atoms with Crippen LogP contribution in [-0.2, 0) is 0 Å². The molecule has 2 fully saturated rings. The predicted molar refractivity (Wildman–Crippen MR) is 93.4 cm³/mol. The fraction of sp³-hybridized carbons (Fsp3) is 0.667. The van der Waals surface area contributed by atoms with Gasteiger partial charge in [-0.1, -0.05) is 13.8 Å². The molecule has 1 unspecified atom stereocenters. The van der Waals surface area contributed by atoms with Gasteiger partial charge in [0, 0.05) is 36.3 Å². The van der Waals surface area contributed by atoms with E-state index in [2.05, 4.69) is 46.9 Å². The summed E-state index contributed by atoms with van der Waals surface area (Å²) in [5.41, 5.74) is 2.16. The van der Waals surface area contributed by atoms with Crippen molar-refractivity contribution in [2.75, 3.05) is 18.0 Å². The van der Waals surface area contributed by atoms with Gasteiger partial charge in [-0.3, -0.25) is 5.10 Å². The first kappa shape index (κ1) is 15.5. The van der Waals surface area contributed by atoms with E-state index in [1.165, 1.54) is 12.8 Å². The molecule has 1 saturated heterocycles. The van der Waals surface area contributed by atoms with E-state index in [1.807, 2.05) is 0 Å². The lowest BCUT2D eigenvalue weighted by molar-refractivity contribution is 0.485. The third-order valence-corrected chi connectivity index (χ3v) is 5.01. The van der Waals surface area contributed by atoms with Crippen LogP contribution in [0.1, 0.15) is 80.3 Å². The van der Waals surface area contributed by atoms with Crippen molar-refractivity contribution >= 4 is 5.95 Å². The van der Waals surface area contributed by atoms with E-state index in [0.717, 1.165) is 54.9 Å². The van der Waals surface area contributed by atoms with Crippen molar-refractivity contribution in [2.45, 2.75) is 64.2 Å². The number of rotatable bonds is 4. The highest BCUT2D eigenvalue weighted by Gasteiger charge is 2.30. The summed E-state index contributed by atoms with van der Waals surface area (Å²) < 4.78 is 0. The highest BCUT2D eigenvalue weighted by Crippen LogP contribution is 2.38. The van der Waals surface area contributed by atoms with Crippen LogP contribution in [0.2, 0.25) is 0 Å². The second-order valence-electron chi connectivity index (χ2n) is 7.53. The van der Waals surface area contributed by atoms with Gasteiger partial charge in [-0.2, -0.15) is 5.10 Å². The number of aromatic nitrogens is 5. The summed E-state index contributed by atoms with van der Waals surface area (Å²) in [7, 11) is 0. The number of aromatic amines is 1. The monoisotopic (exact) mass is 326 g/mol. The number of anilines is 1. The Morgan fingerprint density at radius 1 is 1.12 bits per heavy atom. The molecular weight excluding hydrogens is 300 g/mol. The van der Waals surface area contributed by atoms with Crippen LogP contribution < -0.4 is 4.90 Å². The standard InChI is InChI=1S/C18H26N6/c1-11(2)15-9-12(3)19-18(20-15)24-8-4-5-14(10-24)17-21-16(22-23-17)13-6-7-13/h9,11,13-14H,4-8,10H2,1-3H3,(H,21,22,23). The van der Waals surface area contributed by atoms with Crippen LogP contribution >= 0.6 is 0 Å². The first-order valence-electron chi connectivity index (χ1n) is 9.13. The third kappa shape index (κ3) is 3.14. The Morgan fingerprint density at radius 2 is 1.96 bits per heavy atom. The molecule has 0 aromatic carbocycles. The summed E-state index contributed by atoms with van der Waals surface area (Å²) in [4.78, 5) is 16.5. The lowest BCUT2D eigenvalue weighted by Crippen LogP contribution is -2.36. The summed E-state index contributed by atoms with van der Waals surface area (Å²) in [5, 5.41) is 7.63. The maximum atomic E-state index is 4.79. The Morgan fingerprint density at radius 3 is 2.71 bits per heavy atom. The van der Waals surface area contributed by atoms with Gasteiger partial charge in [0.25, 0.3) is 0 Å². The van der Waals surface area contributed by atoms with Gasteiger partial charge in [-0.05, 0) is 44.6 Å². The molecule has 6 heteroatoms. The summed E-state index contributed by atoms with van der Waals surface area (Å²) >= 11 is 0. The quantitative estimate of drug-likeness (QED) is 0.933. The maximum absolute atomic E-state index is 4.79. The van der Waals surface area contributed by atoms with Crippen LogP contribution in [0.15, 0.2) is 6.07 Å². The summed E-state index contributed by atoms with van der Waals surface area (Å²) in [5.74, 6) is 4.32. The molecule has 1 aliphatic carbocycles. The molecule has 1 aliphatic heterocycles. The van der Waals surface area contributed by atoms with Gasteiger partial charge in [-0.25, -0.2) is 15.0 Å². The Balaban J connectivity index is 1.53. The van der Waals surface area contributed by atoms with Crippen molar-refractivity contribution in [3.05, 3.63) is 29.1 Å². The van der Waals surface area contributed by atoms with Gasteiger partial charge in [0.1, 0.15) is 5.82 Å². The number of hydrogen-bond donors (Lipinski definition) is 1. The number of nitrogens with zero attached hydrogens (tertiary/aromatic N) is 5. The van der Waals surface area contributed by atoms with E-state index >= 15 is 0 Å². The largest absolute Gasteiger partial charge is 0.340 e. The zero-order valence-corrected chi connectivity index (χ0v) is 14.8. The molecule has 0 spiro atoms. The molecule has 128 valence electrons. The van der Waals surface area contributed by atoms with Crippen molar-refractivity contribution in [1.29, 1.82) is 0 Å². The first-order chi connectivity index (χ1) is 11.6. The zero-order valence-electron chi connectivity index (χ0n) is 14.8. The van der Waals surface area contributed by atoms with Crippen LogP contribution in [0.25, 0.3) is 0 Å². The highest BCUT2D eigenvalue weighted by molar-refractivity contribution is 5.35. The van der Waals surface area contributed by atoms with Crippen LogP contribution in [0.4, 0.5) is 5.95 Å². The molecule has 0 radical (unpaired) electrons. The Labute approximate surface area is 143 Å². The Bertz CT molecular complexity index is 718. The van der Waals surface area contributed by atoms with Crippen molar-refractivity contribution in [3.8, 4) is 0 Å². The second-order valence-corrected chi connectivity index (χ2v) is 7.53. The van der Waals surface area contributed by atoms with E-state index in [-0.39, 0.29) is 0 Å². The molecular formula is C18H26N6. The predicted octanol–water partition coefficient (Wildman–Crippen LogP) is 3.29. The topological polar surface area (TPSA) is 70.6 Å². The van der Waals surface area contributed by atoms with Gasteiger partial charge in [-0.15, -0.1) is 0 Å². The van der Waals surface area contributed by atoms with Crippen LogP contribution in [-0.4, -0.2) is 38.2 Å². The Hall–Kier alpha value is -1.98. The van der Waals surface area contributed by atoms with Crippen LogP contribution in [0.5, 0.6) is 0 Å². The van der Waals surface area contributed by atoms with E-state index in [9.17, 15) is 0 Å². The number of nitrogens with one attached hydrogen (secondary N) is 1. The molecule has 4 rings (SSSR count). The number of aryl methyl sites for hydroxylation is 1. The van der Waals surface area contributed by atoms with Crippen molar-refractivity contribution in [1.82, 2.24) is 25.1 Å². The minimum atomic E-state index is 0.370. The van der Waals surface area contributed by atoms with Crippen LogP contribution in [0, 0.1) is 6.92 Å². The van der Waals surface area contributed by atoms with Gasteiger partial charge < -0.3 is 4.90 Å². The maximum Gasteiger partial charge on any atom is 0.225 e. The molecule has 24 heavy (non-hydrogen) atoms. The fourth-order valence-electron chi connectivity index (χ4n) is 3.39. The second kappa shape index (κ2) is 6.15. The van der Waals surface area contributed by atoms with Gasteiger partial charge in [0.15, 0.2) is 5.82 Å². The van der Waals surface area contributed by atoms with Crippen molar-refractivity contribution in [3.63, 3.8) is 0 Å². The van der Waals surface area contributed by atoms with E-state index in [1.54, 1.807) is 0 Å². The number of piperidine rings is 1. The first-order valence-corrected chi connectivity index (χ1v) is 9.13. The number of H-pyrrole nitrogens is 1. The average Bonchev–Trinajstić information content (AvgIpc) is 3.31. The summed E-state index contributed by atoms with van der Waals surface area (Å²) in [6.45, 7) is 8.32. The fourth-order valence-corrected chi connectivity index (χ4v) is 3.39. The molecule has 2 aromatic heterocycles. The minimum Gasteiger partial charge on any atom is -0.340 e. The van der Waals surface area contributed by atoms with E-state index in [4.69, 9.17) is 9.97 Å². The molecule has 0 amide bonds. The normalized spacial score (nSPS) is 21.5. The third-order valence-electron chi connectivity index (χ3n) is 5.01. The van der Waals surface area contributed by atoms with Gasteiger partial charge in [0.05, 0.1) is 0 Å². The molecule has 1 saturated carbocycles. The lowest BCUT2D eigenvalue weighted by Gasteiger charge is -2.32. The number of hydrogen-bond acceptors (Lipinski definition) is 5. The van der Waals surface area contributed by atoms with Gasteiger partial charge >= 0.3 is 0 Å². The average molecular weight is 326 g/mol. The van der Waals surface area contributed by atoms with Crippen molar-refractivity contribution in [2.24, 2.45) is 0 Å². The molecule has 1 N–H and O–H groups in total. The van der Waals surface area contributed by atoms with E-state index in [0.29, 0.717) is 17.8 Å². The van der Waals surface area contributed by atoms with Crippen molar-refractivity contribution < 1.29 is 0 Å². The molecule has 0 bridgehead atoms. The smallest absolute Gasteiger partial charge is 0.225 e. The van der Waals surface area contributed by atoms with Crippen LogP contribution in [0.3, 0.4) is 0 Å². The van der Waals surface area contributed by atoms with E-state index < -0.39 is 0 Å². The summed E-state index contributed by atoms with van der Waals surface area (Å²) in [6.07, 6.45) is 4.77. The molecule has 3 heterocycles. The summed E-state index contributed by atoms with van der Waals surface area (Å²) in [6, 6.07) is 2.09. The highest BCUT2D eigenvalue weighted by atomic mass is 15.3. The molecule has 2 aromatic rings. The lowest BCUT2D eigenvalue weighted by atomic mass is 9.97. The molecule has 6 nitrogen and oxygen atoms in total. The Kier molecular flexibility index (Phi) is 3.98. The SMILES string of the molecule is Cc1cc(C(C)C)nc(N2CCCC(c3n[nH]c(C4CC4)n3)C2)n1.